The Balaban J connectivity index is 3.14. The highest BCUT2D eigenvalue weighted by Crippen LogP contribution is 1.83. The van der Waals surface area contributed by atoms with E-state index in [-0.39, 0.29) is 0 Å². The van der Waals surface area contributed by atoms with E-state index in [9.17, 15) is 0 Å². The highest BCUT2D eigenvalue weighted by atomic mass is 15.5. The van der Waals surface area contributed by atoms with E-state index >= 15 is 0 Å². The Kier molecular flexibility index (Phi) is 1.04. The van der Waals surface area contributed by atoms with Gasteiger partial charge in [-0.25, -0.2) is 0 Å². The summed E-state index contributed by atoms with van der Waals surface area (Å²) in [6.07, 6.45) is 1.97. The quantitative estimate of drug-likeness (QED) is 0.417. The fraction of sp³-hybridized carbons (Fsp3) is 0.600. The van der Waals surface area contributed by atoms with Crippen molar-refractivity contribution in [3.8, 4) is 0 Å². The first-order chi connectivity index (χ1) is 3.70. The molecule has 1 heterocycles. The van der Waals surface area contributed by atoms with Crippen LogP contribution >= 0.6 is 0 Å². The molecule has 0 unspecified atom stereocenters. The molecule has 0 amide bonds. The summed E-state index contributed by atoms with van der Waals surface area (Å²) in [5.74, 6) is 0. The number of nitrogens with zero attached hydrogens (tertiary/aromatic N) is 3. The molecule has 8 heavy (non-hydrogen) atoms. The number of rotatable bonds is 0. The van der Waals surface area contributed by atoms with Gasteiger partial charge in [0, 0.05) is 6.92 Å². The van der Waals surface area contributed by atoms with E-state index in [1.807, 2.05) is 31.9 Å². The zero-order valence-corrected chi connectivity index (χ0v) is 5.42. The van der Waals surface area contributed by atoms with E-state index in [0.29, 0.717) is 0 Å². The molecule has 0 spiro atoms. The minimum Gasteiger partial charge on any atom is -0.140 e. The number of hydrogen-bond acceptors (Lipinski definition) is 1. The first kappa shape index (κ1) is 5.28. The van der Waals surface area contributed by atoms with Crippen molar-refractivity contribution in [3.63, 3.8) is 0 Å². The van der Waals surface area contributed by atoms with Crippen molar-refractivity contribution >= 4 is 0 Å². The van der Waals surface area contributed by atoms with E-state index in [1.54, 1.807) is 4.68 Å². The van der Waals surface area contributed by atoms with E-state index in [0.717, 1.165) is 0 Å². The van der Waals surface area contributed by atoms with Gasteiger partial charge in [-0.3, -0.25) is 0 Å². The average molecular weight is 112 g/mol. The monoisotopic (exact) mass is 112 g/mol. The fourth-order valence-corrected chi connectivity index (χ4v) is 0.662. The summed E-state index contributed by atoms with van der Waals surface area (Å²) in [5.41, 5.74) is 1.17. The van der Waals surface area contributed by atoms with Crippen LogP contribution in [-0.2, 0) is 14.1 Å². The molecule has 0 atom stereocenters. The third kappa shape index (κ3) is 0.710. The SMILES string of the molecule is Cc1c[n+](C)nn1C. The molecule has 0 aliphatic heterocycles. The van der Waals surface area contributed by atoms with Gasteiger partial charge >= 0.3 is 0 Å². The van der Waals surface area contributed by atoms with Gasteiger partial charge in [0.25, 0.3) is 0 Å². The Morgan fingerprint density at radius 1 is 1.75 bits per heavy atom. The van der Waals surface area contributed by atoms with Crippen LogP contribution in [0.25, 0.3) is 0 Å². The number of aromatic nitrogens is 3. The lowest BCUT2D eigenvalue weighted by Crippen LogP contribution is -2.29. The van der Waals surface area contributed by atoms with Crippen molar-refractivity contribution in [2.24, 2.45) is 14.1 Å². The second-order valence-corrected chi connectivity index (χ2v) is 1.96. The summed E-state index contributed by atoms with van der Waals surface area (Å²) in [7, 11) is 3.84. The molecule has 0 fully saturated rings. The molecule has 0 radical (unpaired) electrons. The molecule has 0 aliphatic rings. The van der Waals surface area contributed by atoms with Gasteiger partial charge in [0.2, 0.25) is 0 Å². The van der Waals surface area contributed by atoms with Crippen molar-refractivity contribution < 1.29 is 4.68 Å². The van der Waals surface area contributed by atoms with Gasteiger partial charge in [0.05, 0.1) is 5.21 Å². The largest absolute Gasteiger partial charge is 0.164 e. The van der Waals surface area contributed by atoms with Crippen LogP contribution in [0.1, 0.15) is 5.69 Å². The van der Waals surface area contributed by atoms with E-state index < -0.39 is 0 Å². The lowest BCUT2D eigenvalue weighted by molar-refractivity contribution is -0.732. The molecule has 1 aromatic heterocycles. The first-order valence-corrected chi connectivity index (χ1v) is 2.56. The molecular formula is C5H10N3+. The molecule has 0 saturated carbocycles. The lowest BCUT2D eigenvalue weighted by Gasteiger charge is -1.74. The minimum atomic E-state index is 1.17. The molecule has 3 heteroatoms. The van der Waals surface area contributed by atoms with Gasteiger partial charge in [-0.15, -0.1) is 9.36 Å². The second kappa shape index (κ2) is 1.58. The zero-order chi connectivity index (χ0) is 6.15. The molecule has 0 aromatic carbocycles. The van der Waals surface area contributed by atoms with Gasteiger partial charge < -0.3 is 0 Å². The van der Waals surface area contributed by atoms with Crippen LogP contribution in [0.4, 0.5) is 0 Å². The summed E-state index contributed by atoms with van der Waals surface area (Å²) >= 11 is 0. The van der Waals surface area contributed by atoms with Crippen molar-refractivity contribution in [2.75, 3.05) is 0 Å². The van der Waals surface area contributed by atoms with Crippen LogP contribution in [0.5, 0.6) is 0 Å². The molecule has 1 rings (SSSR count). The molecular weight excluding hydrogens is 102 g/mol. The fourth-order valence-electron chi connectivity index (χ4n) is 0.662. The number of hydrogen-bond donors (Lipinski definition) is 0. The molecule has 0 N–H and O–H groups in total. The summed E-state index contributed by atoms with van der Waals surface area (Å²) in [5, 5.41) is 4.04. The van der Waals surface area contributed by atoms with Crippen LogP contribution in [0.15, 0.2) is 6.20 Å². The standard InChI is InChI=1S/C5H10N3/c1-5-4-7(2)6-8(5)3/h4H,1-3H3/q+1. The second-order valence-electron chi connectivity index (χ2n) is 1.96. The minimum absolute atomic E-state index is 1.17. The molecule has 44 valence electrons. The van der Waals surface area contributed by atoms with E-state index in [2.05, 4.69) is 5.21 Å². The maximum absolute atomic E-state index is 4.04. The summed E-state index contributed by atoms with van der Waals surface area (Å²) in [4.78, 5) is 0. The zero-order valence-electron chi connectivity index (χ0n) is 5.42. The summed E-state index contributed by atoms with van der Waals surface area (Å²) in [6.45, 7) is 2.02. The smallest absolute Gasteiger partial charge is 0.140 e. The molecule has 1 aromatic rings. The first-order valence-electron chi connectivity index (χ1n) is 2.56. The van der Waals surface area contributed by atoms with Gasteiger partial charge in [0.1, 0.15) is 14.1 Å². The Morgan fingerprint density at radius 2 is 2.38 bits per heavy atom. The highest BCUT2D eigenvalue weighted by molar-refractivity contribution is 4.82. The predicted octanol–water partition coefficient (Wildman–Crippen LogP) is -0.447. The highest BCUT2D eigenvalue weighted by Gasteiger charge is 2.00. The van der Waals surface area contributed by atoms with Crippen LogP contribution < -0.4 is 4.68 Å². The average Bonchev–Trinajstić information content (AvgIpc) is 1.85. The van der Waals surface area contributed by atoms with Crippen LogP contribution in [-0.4, -0.2) is 9.90 Å². The van der Waals surface area contributed by atoms with Crippen molar-refractivity contribution in [1.29, 1.82) is 0 Å². The number of aryl methyl sites for hydroxylation is 3. The molecule has 0 aliphatic carbocycles. The predicted molar refractivity (Wildman–Crippen MR) is 29.1 cm³/mol. The molecule has 3 nitrogen and oxygen atoms in total. The summed E-state index contributed by atoms with van der Waals surface area (Å²) in [6, 6.07) is 0. The van der Waals surface area contributed by atoms with Crippen molar-refractivity contribution in [1.82, 2.24) is 9.90 Å². The van der Waals surface area contributed by atoms with Gasteiger partial charge in [-0.2, -0.15) is 0 Å². The lowest BCUT2D eigenvalue weighted by atomic mass is 10.5. The Hall–Kier alpha value is -0.860. The van der Waals surface area contributed by atoms with Crippen molar-refractivity contribution in [2.45, 2.75) is 6.92 Å². The Bertz CT molecular complexity index is 170. The molecule has 0 saturated heterocycles. The van der Waals surface area contributed by atoms with E-state index in [1.165, 1.54) is 5.69 Å². The van der Waals surface area contributed by atoms with Crippen LogP contribution in [0.2, 0.25) is 0 Å². The third-order valence-electron chi connectivity index (χ3n) is 1.16. The summed E-state index contributed by atoms with van der Waals surface area (Å²) < 4.78 is 3.62. The van der Waals surface area contributed by atoms with Crippen molar-refractivity contribution in [3.05, 3.63) is 11.9 Å². The van der Waals surface area contributed by atoms with Crippen LogP contribution in [0.3, 0.4) is 0 Å². The Morgan fingerprint density at radius 3 is 2.50 bits per heavy atom. The van der Waals surface area contributed by atoms with Crippen LogP contribution in [0, 0.1) is 6.92 Å². The normalized spacial score (nSPS) is 9.88. The van der Waals surface area contributed by atoms with Gasteiger partial charge in [-0.1, -0.05) is 0 Å². The van der Waals surface area contributed by atoms with Gasteiger partial charge in [-0.05, 0) is 0 Å². The maximum atomic E-state index is 4.04. The Labute approximate surface area is 48.5 Å². The topological polar surface area (TPSA) is 21.7 Å². The maximum Gasteiger partial charge on any atom is 0.164 e. The van der Waals surface area contributed by atoms with Gasteiger partial charge in [0.15, 0.2) is 11.9 Å². The van der Waals surface area contributed by atoms with E-state index in [4.69, 9.17) is 0 Å². The molecule has 0 bridgehead atoms. The third-order valence-corrected chi connectivity index (χ3v) is 1.16.